The molecule has 0 bridgehead atoms. The number of hydrogen-bond donors (Lipinski definition) is 0. The predicted octanol–water partition coefficient (Wildman–Crippen LogP) is 13.9. The molecule has 8 aromatic carbocycles. The number of anilines is 3. The van der Waals surface area contributed by atoms with E-state index in [0.29, 0.717) is 0 Å². The molecular formula is C44H27NS2. The third-order valence-electron chi connectivity index (χ3n) is 9.42. The first-order chi connectivity index (χ1) is 23.3. The van der Waals surface area contributed by atoms with E-state index >= 15 is 0 Å². The van der Waals surface area contributed by atoms with Gasteiger partial charge in [-0.05, 0) is 93.3 Å². The minimum Gasteiger partial charge on any atom is -0.310 e. The lowest BCUT2D eigenvalue weighted by Gasteiger charge is -2.26. The zero-order valence-corrected chi connectivity index (χ0v) is 27.0. The lowest BCUT2D eigenvalue weighted by Crippen LogP contribution is -2.09. The fourth-order valence-electron chi connectivity index (χ4n) is 7.16. The Balaban J connectivity index is 1.15. The molecular weight excluding hydrogens is 607 g/mol. The second-order valence-electron chi connectivity index (χ2n) is 12.2. The van der Waals surface area contributed by atoms with Gasteiger partial charge in [0.15, 0.2) is 0 Å². The van der Waals surface area contributed by atoms with Gasteiger partial charge < -0.3 is 4.90 Å². The summed E-state index contributed by atoms with van der Waals surface area (Å²) in [6.45, 7) is 0. The molecule has 0 unspecified atom stereocenters. The molecule has 2 aromatic heterocycles. The Morgan fingerprint density at radius 1 is 0.319 bits per heavy atom. The van der Waals surface area contributed by atoms with Crippen molar-refractivity contribution in [2.24, 2.45) is 0 Å². The van der Waals surface area contributed by atoms with Gasteiger partial charge in [0.2, 0.25) is 0 Å². The van der Waals surface area contributed by atoms with Crippen molar-refractivity contribution in [2.45, 2.75) is 0 Å². The highest BCUT2D eigenvalue weighted by atomic mass is 32.1. The van der Waals surface area contributed by atoms with Gasteiger partial charge in [-0.15, -0.1) is 22.7 Å². The predicted molar refractivity (Wildman–Crippen MR) is 207 cm³/mol. The third-order valence-corrected chi connectivity index (χ3v) is 11.7. The zero-order chi connectivity index (χ0) is 30.9. The van der Waals surface area contributed by atoms with E-state index in [9.17, 15) is 0 Å². The summed E-state index contributed by atoms with van der Waals surface area (Å²) in [5.74, 6) is 0. The van der Waals surface area contributed by atoms with Crippen LogP contribution in [0.4, 0.5) is 17.1 Å². The molecule has 10 aromatic rings. The number of rotatable bonds is 4. The van der Waals surface area contributed by atoms with Gasteiger partial charge >= 0.3 is 0 Å². The van der Waals surface area contributed by atoms with E-state index in [0.717, 1.165) is 17.1 Å². The molecule has 0 saturated heterocycles. The molecule has 3 heteroatoms. The van der Waals surface area contributed by atoms with Crippen LogP contribution >= 0.6 is 22.7 Å². The lowest BCUT2D eigenvalue weighted by molar-refractivity contribution is 1.30. The third kappa shape index (κ3) is 4.35. The van der Waals surface area contributed by atoms with Crippen molar-refractivity contribution in [1.29, 1.82) is 0 Å². The molecule has 1 nitrogen and oxygen atoms in total. The number of nitrogens with zero attached hydrogens (tertiary/aromatic N) is 1. The van der Waals surface area contributed by atoms with Gasteiger partial charge in [-0.3, -0.25) is 0 Å². The molecule has 0 fully saturated rings. The first-order valence-electron chi connectivity index (χ1n) is 15.9. The van der Waals surface area contributed by atoms with E-state index in [1.807, 2.05) is 22.7 Å². The van der Waals surface area contributed by atoms with E-state index in [-0.39, 0.29) is 0 Å². The highest BCUT2D eigenvalue weighted by molar-refractivity contribution is 7.26. The van der Waals surface area contributed by atoms with Crippen LogP contribution in [0, 0.1) is 0 Å². The summed E-state index contributed by atoms with van der Waals surface area (Å²) in [5.41, 5.74) is 5.92. The monoisotopic (exact) mass is 633 g/mol. The number of thiophene rings is 2. The summed E-state index contributed by atoms with van der Waals surface area (Å²) < 4.78 is 5.29. The van der Waals surface area contributed by atoms with E-state index in [1.54, 1.807) is 0 Å². The second kappa shape index (κ2) is 10.5. The Kier molecular flexibility index (Phi) is 5.98. The van der Waals surface area contributed by atoms with Crippen LogP contribution in [0.25, 0.3) is 73.0 Å². The maximum atomic E-state index is 2.41. The SMILES string of the molecule is c1ccc2c(-c3ccc(N(c4ccc5cc6c(cc5c4)sc4ccccc46)c4ccc5c(c4)sc4ccccc45)cc3)cccc2c1. The van der Waals surface area contributed by atoms with Gasteiger partial charge in [0, 0.05) is 57.4 Å². The molecule has 2 heterocycles. The van der Waals surface area contributed by atoms with Crippen LogP contribution in [0.15, 0.2) is 164 Å². The molecule has 0 atom stereocenters. The smallest absolute Gasteiger partial charge is 0.0476 e. The van der Waals surface area contributed by atoms with Crippen LogP contribution in [-0.2, 0) is 0 Å². The molecule has 0 aliphatic heterocycles. The van der Waals surface area contributed by atoms with Crippen molar-refractivity contribution >= 4 is 102 Å². The molecule has 0 N–H and O–H groups in total. The van der Waals surface area contributed by atoms with Crippen molar-refractivity contribution in [3.8, 4) is 11.1 Å². The summed E-state index contributed by atoms with van der Waals surface area (Å²) in [6, 6.07) is 60.3. The molecule has 0 amide bonds. The largest absolute Gasteiger partial charge is 0.310 e. The van der Waals surface area contributed by atoms with E-state index in [1.165, 1.54) is 73.0 Å². The van der Waals surface area contributed by atoms with Crippen molar-refractivity contribution in [1.82, 2.24) is 0 Å². The maximum absolute atomic E-state index is 2.41. The summed E-state index contributed by atoms with van der Waals surface area (Å²) in [7, 11) is 0. The van der Waals surface area contributed by atoms with Crippen molar-refractivity contribution < 1.29 is 0 Å². The van der Waals surface area contributed by atoms with Gasteiger partial charge in [-0.1, -0.05) is 103 Å². The first-order valence-corrected chi connectivity index (χ1v) is 17.5. The Bertz CT molecular complexity index is 2800. The molecule has 0 saturated carbocycles. The van der Waals surface area contributed by atoms with Crippen LogP contribution in [0.3, 0.4) is 0 Å². The topological polar surface area (TPSA) is 3.24 Å². The average Bonchev–Trinajstić information content (AvgIpc) is 3.68. The van der Waals surface area contributed by atoms with Crippen molar-refractivity contribution in [3.63, 3.8) is 0 Å². The van der Waals surface area contributed by atoms with Gasteiger partial charge in [-0.25, -0.2) is 0 Å². The summed E-state index contributed by atoms with van der Waals surface area (Å²) in [5, 5.41) is 10.4. The number of hydrogen-bond acceptors (Lipinski definition) is 3. The van der Waals surface area contributed by atoms with E-state index in [4.69, 9.17) is 0 Å². The normalized spacial score (nSPS) is 11.8. The minimum atomic E-state index is 1.14. The maximum Gasteiger partial charge on any atom is 0.0476 e. The molecule has 0 spiro atoms. The molecule has 0 aliphatic rings. The molecule has 10 rings (SSSR count). The average molecular weight is 634 g/mol. The number of benzene rings is 8. The quantitative estimate of drug-likeness (QED) is 0.186. The zero-order valence-electron chi connectivity index (χ0n) is 25.4. The van der Waals surface area contributed by atoms with E-state index < -0.39 is 0 Å². The molecule has 47 heavy (non-hydrogen) atoms. The fourth-order valence-corrected chi connectivity index (χ4v) is 9.44. The standard InChI is InChI=1S/C44H27NS2/c1-2-10-35-28(8-1)9-7-13-36(35)29-16-19-32(20-17-29)45(34-22-23-39-37-11-3-5-14-41(37)47-44(39)27-34)33-21-18-30-25-40-38-12-4-6-15-42(38)46-43(40)26-31(30)24-33/h1-27H. The number of fused-ring (bicyclic) bond motifs is 8. The molecule has 0 radical (unpaired) electrons. The fraction of sp³-hybridized carbons (Fsp3) is 0. The Labute approximate surface area is 280 Å². The molecule has 0 aliphatic carbocycles. The van der Waals surface area contributed by atoms with Gasteiger partial charge in [0.25, 0.3) is 0 Å². The first kappa shape index (κ1) is 26.7. The van der Waals surface area contributed by atoms with Crippen molar-refractivity contribution in [3.05, 3.63) is 164 Å². The Morgan fingerprint density at radius 3 is 1.72 bits per heavy atom. The minimum absolute atomic E-state index is 1.14. The van der Waals surface area contributed by atoms with Crippen LogP contribution in [0.1, 0.15) is 0 Å². The van der Waals surface area contributed by atoms with Crippen LogP contribution in [0.2, 0.25) is 0 Å². The highest BCUT2D eigenvalue weighted by Crippen LogP contribution is 2.43. The van der Waals surface area contributed by atoms with Gasteiger partial charge in [0.1, 0.15) is 0 Å². The van der Waals surface area contributed by atoms with Crippen LogP contribution < -0.4 is 4.90 Å². The summed E-state index contributed by atoms with van der Waals surface area (Å²) in [4.78, 5) is 2.41. The summed E-state index contributed by atoms with van der Waals surface area (Å²) in [6.07, 6.45) is 0. The molecule has 220 valence electrons. The second-order valence-corrected chi connectivity index (χ2v) is 14.3. The van der Waals surface area contributed by atoms with Crippen LogP contribution in [0.5, 0.6) is 0 Å². The summed E-state index contributed by atoms with van der Waals surface area (Å²) >= 11 is 3.74. The lowest BCUT2D eigenvalue weighted by atomic mass is 9.98. The van der Waals surface area contributed by atoms with Gasteiger partial charge in [-0.2, -0.15) is 0 Å². The highest BCUT2D eigenvalue weighted by Gasteiger charge is 2.17. The van der Waals surface area contributed by atoms with Crippen LogP contribution in [-0.4, -0.2) is 0 Å². The van der Waals surface area contributed by atoms with E-state index in [2.05, 4.69) is 169 Å². The van der Waals surface area contributed by atoms with Gasteiger partial charge in [0.05, 0.1) is 0 Å². The Hall–Kier alpha value is -5.48. The van der Waals surface area contributed by atoms with Crippen molar-refractivity contribution in [2.75, 3.05) is 4.90 Å². The Morgan fingerprint density at radius 2 is 0.915 bits per heavy atom.